The molecule has 3 nitrogen and oxygen atoms in total. The van der Waals surface area contributed by atoms with Crippen LogP contribution in [0.5, 0.6) is 0 Å². The van der Waals surface area contributed by atoms with Crippen LogP contribution in [0.2, 0.25) is 0 Å². The lowest BCUT2D eigenvalue weighted by Crippen LogP contribution is -2.26. The predicted octanol–water partition coefficient (Wildman–Crippen LogP) is 2.19. The van der Waals surface area contributed by atoms with Crippen molar-refractivity contribution in [1.82, 2.24) is 9.80 Å². The maximum absolute atomic E-state index is 8.71. The molecule has 0 saturated heterocycles. The number of nitrogens with zero attached hydrogens (tertiary/aromatic N) is 2. The van der Waals surface area contributed by atoms with Crippen molar-refractivity contribution in [1.29, 1.82) is 0 Å². The highest BCUT2D eigenvalue weighted by molar-refractivity contribution is 5.36. The molecule has 0 aliphatic rings. The van der Waals surface area contributed by atoms with Gasteiger partial charge in [0.1, 0.15) is 0 Å². The fraction of sp³-hybridized carbons (Fsp3) is 0.556. The minimum absolute atomic E-state index is 0.128. The van der Waals surface area contributed by atoms with Gasteiger partial charge < -0.3 is 10.0 Å². The van der Waals surface area contributed by atoms with Gasteiger partial charge in [0.2, 0.25) is 0 Å². The molecule has 0 aliphatic carbocycles. The van der Waals surface area contributed by atoms with Crippen LogP contribution >= 0.6 is 0 Å². The van der Waals surface area contributed by atoms with Crippen molar-refractivity contribution in [3.8, 4) is 11.8 Å². The van der Waals surface area contributed by atoms with Gasteiger partial charge in [-0.05, 0) is 57.8 Å². The van der Waals surface area contributed by atoms with E-state index in [1.54, 1.807) is 0 Å². The van der Waals surface area contributed by atoms with Crippen LogP contribution in [-0.4, -0.2) is 55.2 Å². The SMILES string of the molecule is CCN(CCCN(C)C)Cc1ccc(C#CCCO)cc1. The Morgan fingerprint density at radius 3 is 2.38 bits per heavy atom. The predicted molar refractivity (Wildman–Crippen MR) is 89.1 cm³/mol. The van der Waals surface area contributed by atoms with Gasteiger partial charge in [-0.25, -0.2) is 0 Å². The van der Waals surface area contributed by atoms with Gasteiger partial charge in [0.05, 0.1) is 6.61 Å². The topological polar surface area (TPSA) is 26.7 Å². The van der Waals surface area contributed by atoms with Gasteiger partial charge in [-0.3, -0.25) is 4.90 Å². The zero-order valence-electron chi connectivity index (χ0n) is 13.6. The maximum Gasteiger partial charge on any atom is 0.0540 e. The minimum atomic E-state index is 0.128. The Labute approximate surface area is 129 Å². The van der Waals surface area contributed by atoms with E-state index in [4.69, 9.17) is 5.11 Å². The highest BCUT2D eigenvalue weighted by Crippen LogP contribution is 2.07. The molecule has 1 rings (SSSR count). The Morgan fingerprint density at radius 1 is 1.10 bits per heavy atom. The molecule has 0 unspecified atom stereocenters. The van der Waals surface area contributed by atoms with Crippen LogP contribution in [0.1, 0.15) is 30.9 Å². The highest BCUT2D eigenvalue weighted by atomic mass is 16.2. The highest BCUT2D eigenvalue weighted by Gasteiger charge is 2.04. The Kier molecular flexibility index (Phi) is 8.77. The molecule has 1 N–H and O–H groups in total. The van der Waals surface area contributed by atoms with Crippen molar-refractivity contribution in [3.63, 3.8) is 0 Å². The van der Waals surface area contributed by atoms with Gasteiger partial charge in [0.25, 0.3) is 0 Å². The van der Waals surface area contributed by atoms with Crippen LogP contribution in [0.15, 0.2) is 24.3 Å². The first-order valence-electron chi connectivity index (χ1n) is 7.71. The smallest absolute Gasteiger partial charge is 0.0540 e. The first kappa shape index (κ1) is 17.7. The summed E-state index contributed by atoms with van der Waals surface area (Å²) in [5.74, 6) is 6.00. The van der Waals surface area contributed by atoms with Gasteiger partial charge in [0, 0.05) is 18.5 Å². The van der Waals surface area contributed by atoms with E-state index in [2.05, 4.69) is 66.9 Å². The molecular weight excluding hydrogens is 260 g/mol. The molecule has 0 fully saturated rings. The summed E-state index contributed by atoms with van der Waals surface area (Å²) in [6, 6.07) is 8.43. The van der Waals surface area contributed by atoms with Crippen molar-refractivity contribution in [3.05, 3.63) is 35.4 Å². The Bertz CT molecular complexity index is 443. The third-order valence-electron chi connectivity index (χ3n) is 3.36. The molecule has 0 aliphatic heterocycles. The first-order chi connectivity index (χ1) is 10.2. The number of aliphatic hydroxyl groups excluding tert-OH is 1. The van der Waals surface area contributed by atoms with Gasteiger partial charge in [-0.2, -0.15) is 0 Å². The van der Waals surface area contributed by atoms with Crippen LogP contribution in [0.25, 0.3) is 0 Å². The van der Waals surface area contributed by atoms with Crippen LogP contribution in [0.4, 0.5) is 0 Å². The van der Waals surface area contributed by atoms with Gasteiger partial charge >= 0.3 is 0 Å². The average molecular weight is 288 g/mol. The monoisotopic (exact) mass is 288 g/mol. The van der Waals surface area contributed by atoms with Crippen LogP contribution in [0.3, 0.4) is 0 Å². The Balaban J connectivity index is 2.47. The number of rotatable bonds is 8. The second kappa shape index (κ2) is 10.4. The van der Waals surface area contributed by atoms with Crippen molar-refractivity contribution >= 4 is 0 Å². The van der Waals surface area contributed by atoms with Gasteiger partial charge in [-0.1, -0.05) is 30.9 Å². The van der Waals surface area contributed by atoms with E-state index in [1.165, 1.54) is 12.0 Å². The van der Waals surface area contributed by atoms with Crippen LogP contribution in [0, 0.1) is 11.8 Å². The summed E-state index contributed by atoms with van der Waals surface area (Å²) in [5, 5.41) is 8.71. The number of aliphatic hydroxyl groups is 1. The van der Waals surface area contributed by atoms with E-state index >= 15 is 0 Å². The lowest BCUT2D eigenvalue weighted by molar-refractivity contribution is 0.259. The molecule has 1 aromatic rings. The lowest BCUT2D eigenvalue weighted by atomic mass is 10.1. The minimum Gasteiger partial charge on any atom is -0.395 e. The summed E-state index contributed by atoms with van der Waals surface area (Å²) in [5.41, 5.74) is 2.34. The zero-order chi connectivity index (χ0) is 15.5. The molecule has 0 heterocycles. The molecule has 0 saturated carbocycles. The number of hydrogen-bond donors (Lipinski definition) is 1. The normalized spacial score (nSPS) is 10.8. The van der Waals surface area contributed by atoms with Crippen molar-refractivity contribution in [2.75, 3.05) is 40.3 Å². The molecular formula is C18H28N2O. The molecule has 0 bridgehead atoms. The third kappa shape index (κ3) is 7.87. The summed E-state index contributed by atoms with van der Waals surface area (Å²) in [4.78, 5) is 4.70. The van der Waals surface area contributed by atoms with Crippen molar-refractivity contribution in [2.45, 2.75) is 26.3 Å². The second-order valence-corrected chi connectivity index (χ2v) is 5.50. The molecule has 0 atom stereocenters. The standard InChI is InChI=1S/C18H28N2O/c1-4-20(14-7-13-19(2)3)16-18-11-9-17(10-12-18)8-5-6-15-21/h9-12,21H,4,6-7,13-16H2,1-3H3. The molecule has 0 radical (unpaired) electrons. The first-order valence-corrected chi connectivity index (χ1v) is 7.71. The van der Waals surface area contributed by atoms with Crippen LogP contribution in [-0.2, 0) is 6.54 Å². The lowest BCUT2D eigenvalue weighted by Gasteiger charge is -2.21. The molecule has 0 spiro atoms. The molecule has 116 valence electrons. The second-order valence-electron chi connectivity index (χ2n) is 5.50. The van der Waals surface area contributed by atoms with E-state index < -0.39 is 0 Å². The van der Waals surface area contributed by atoms with E-state index in [0.29, 0.717) is 6.42 Å². The van der Waals surface area contributed by atoms with Crippen molar-refractivity contribution in [2.24, 2.45) is 0 Å². The van der Waals surface area contributed by atoms with E-state index in [1.807, 2.05) is 0 Å². The summed E-state index contributed by atoms with van der Waals surface area (Å²) < 4.78 is 0. The summed E-state index contributed by atoms with van der Waals surface area (Å²) in [7, 11) is 4.24. The van der Waals surface area contributed by atoms with Gasteiger partial charge in [0.15, 0.2) is 0 Å². The van der Waals surface area contributed by atoms with Gasteiger partial charge in [-0.15, -0.1) is 0 Å². The van der Waals surface area contributed by atoms with E-state index in [9.17, 15) is 0 Å². The fourth-order valence-electron chi connectivity index (χ4n) is 2.13. The average Bonchev–Trinajstić information content (AvgIpc) is 2.48. The Morgan fingerprint density at radius 2 is 1.81 bits per heavy atom. The Hall–Kier alpha value is -1.34. The number of benzene rings is 1. The molecule has 3 heteroatoms. The summed E-state index contributed by atoms with van der Waals surface area (Å²) >= 11 is 0. The molecule has 21 heavy (non-hydrogen) atoms. The molecule has 1 aromatic carbocycles. The molecule has 0 aromatic heterocycles. The summed E-state index contributed by atoms with van der Waals surface area (Å²) in [6.07, 6.45) is 1.74. The largest absolute Gasteiger partial charge is 0.395 e. The quantitative estimate of drug-likeness (QED) is 0.743. The summed E-state index contributed by atoms with van der Waals surface area (Å²) in [6.45, 7) is 6.68. The maximum atomic E-state index is 8.71. The van der Waals surface area contributed by atoms with Crippen molar-refractivity contribution < 1.29 is 5.11 Å². The third-order valence-corrected chi connectivity index (χ3v) is 3.36. The molecule has 0 amide bonds. The number of hydrogen-bond acceptors (Lipinski definition) is 3. The van der Waals surface area contributed by atoms with Crippen LogP contribution < -0.4 is 0 Å². The fourth-order valence-corrected chi connectivity index (χ4v) is 2.13. The van der Waals surface area contributed by atoms with E-state index in [0.717, 1.165) is 31.7 Å². The zero-order valence-corrected chi connectivity index (χ0v) is 13.6. The van der Waals surface area contributed by atoms with E-state index in [-0.39, 0.29) is 6.61 Å².